The maximum atomic E-state index is 11.9. The molecular weight excluding hydrogens is 398 g/mol. The predicted octanol–water partition coefficient (Wildman–Crippen LogP) is 1.47. The van der Waals surface area contributed by atoms with Gasteiger partial charge >= 0.3 is 0 Å². The number of hydrogen-bond acceptors (Lipinski definition) is 5. The number of amides is 3. The molecule has 0 radical (unpaired) electrons. The van der Waals surface area contributed by atoms with Crippen LogP contribution in [0.2, 0.25) is 0 Å². The van der Waals surface area contributed by atoms with Crippen molar-refractivity contribution < 1.29 is 19.2 Å². The van der Waals surface area contributed by atoms with Crippen LogP contribution < -0.4 is 5.32 Å². The maximum absolute atomic E-state index is 11.9. The highest BCUT2D eigenvalue weighted by molar-refractivity contribution is 9.10. The first-order chi connectivity index (χ1) is 11.3. The van der Waals surface area contributed by atoms with Crippen LogP contribution >= 0.6 is 27.7 Å². The molecule has 0 aliphatic carbocycles. The molecule has 1 N–H and O–H groups in total. The first-order valence-corrected chi connectivity index (χ1v) is 8.54. The summed E-state index contributed by atoms with van der Waals surface area (Å²) in [6.07, 6.45) is 0.519. The Balaban J connectivity index is 0.000000505. The van der Waals surface area contributed by atoms with Crippen LogP contribution in [0.25, 0.3) is 0 Å². The fourth-order valence-corrected chi connectivity index (χ4v) is 2.45. The van der Waals surface area contributed by atoms with Crippen LogP contribution in [0, 0.1) is 0 Å². The van der Waals surface area contributed by atoms with E-state index in [9.17, 15) is 19.2 Å². The molecule has 24 heavy (non-hydrogen) atoms. The topological polar surface area (TPSA) is 95.9 Å². The first-order valence-electron chi connectivity index (χ1n) is 6.76. The molecule has 9 heteroatoms. The second kappa shape index (κ2) is 9.99. The summed E-state index contributed by atoms with van der Waals surface area (Å²) in [6, 6.07) is 6.97. The van der Waals surface area contributed by atoms with Crippen LogP contribution in [0.15, 0.2) is 33.7 Å². The third-order valence-corrected chi connectivity index (χ3v) is 3.90. The van der Waals surface area contributed by atoms with E-state index in [0.29, 0.717) is 5.56 Å². The second-order valence-electron chi connectivity index (χ2n) is 4.82. The van der Waals surface area contributed by atoms with Crippen LogP contribution in [0.1, 0.15) is 16.8 Å². The van der Waals surface area contributed by atoms with Crippen LogP contribution in [0.3, 0.4) is 0 Å². The fraction of sp³-hybridized carbons (Fsp3) is 0.267. The van der Waals surface area contributed by atoms with Crippen LogP contribution in [-0.4, -0.2) is 53.9 Å². The quantitative estimate of drug-likeness (QED) is 0.458. The maximum Gasteiger partial charge on any atom is 0.257 e. The number of halogens is 1. The Morgan fingerprint density at radius 3 is 2.42 bits per heavy atom. The van der Waals surface area contributed by atoms with E-state index in [-0.39, 0.29) is 23.1 Å². The van der Waals surface area contributed by atoms with E-state index in [1.54, 1.807) is 38.4 Å². The van der Waals surface area contributed by atoms with Gasteiger partial charge in [-0.2, -0.15) is 4.99 Å². The van der Waals surface area contributed by atoms with Crippen LogP contribution in [0.5, 0.6) is 0 Å². The Bertz CT molecular complexity index is 659. The van der Waals surface area contributed by atoms with Gasteiger partial charge in [0.1, 0.15) is 6.42 Å². The number of ketones is 1. The summed E-state index contributed by atoms with van der Waals surface area (Å²) < 4.78 is 0.895. The van der Waals surface area contributed by atoms with Crippen molar-refractivity contribution in [3.05, 3.63) is 34.3 Å². The Morgan fingerprint density at radius 2 is 1.92 bits per heavy atom. The number of aliphatic imine (C=N–C) groups is 1. The number of carbonyl (C=O) groups is 4. The standard InChI is InChI=1S/C12H9BrN2O3S.C3H7NO/c13-8-3-1-7(2-4-8)9(16)6-19-12-14-10(17)5-11(18)15-12;1-4(2)3-5/h1-4H,5-6H2,(H,14,15,17,18);3H,1-2H3. The van der Waals surface area contributed by atoms with Gasteiger partial charge in [0, 0.05) is 24.1 Å². The van der Waals surface area contributed by atoms with Gasteiger partial charge in [-0.25, -0.2) is 0 Å². The molecule has 3 amide bonds. The van der Waals surface area contributed by atoms with E-state index in [1.807, 2.05) is 0 Å². The molecule has 1 aliphatic heterocycles. The van der Waals surface area contributed by atoms with Gasteiger partial charge in [0.15, 0.2) is 11.0 Å². The van der Waals surface area contributed by atoms with Crippen molar-refractivity contribution in [1.82, 2.24) is 10.2 Å². The van der Waals surface area contributed by atoms with Crippen molar-refractivity contribution in [2.24, 2.45) is 4.99 Å². The van der Waals surface area contributed by atoms with Gasteiger partial charge in [0.05, 0.1) is 5.75 Å². The van der Waals surface area contributed by atoms with E-state index < -0.39 is 11.8 Å². The molecule has 0 saturated carbocycles. The van der Waals surface area contributed by atoms with Crippen molar-refractivity contribution in [3.8, 4) is 0 Å². The van der Waals surface area contributed by atoms with E-state index in [0.717, 1.165) is 22.6 Å². The SMILES string of the molecule is CN(C)C=O.O=C1CC(=O)NC(SCC(=O)c2ccc(Br)cc2)=N1. The number of Topliss-reactive ketones (excluding diaryl/α,β-unsaturated/α-hetero) is 1. The van der Waals surface area contributed by atoms with E-state index in [2.05, 4.69) is 26.2 Å². The number of benzene rings is 1. The van der Waals surface area contributed by atoms with Crippen molar-refractivity contribution >= 4 is 56.9 Å². The third kappa shape index (κ3) is 7.51. The molecule has 0 unspecified atom stereocenters. The summed E-state index contributed by atoms with van der Waals surface area (Å²) >= 11 is 4.34. The number of amidine groups is 1. The number of rotatable bonds is 4. The fourth-order valence-electron chi connectivity index (χ4n) is 1.40. The minimum atomic E-state index is -0.484. The average Bonchev–Trinajstić information content (AvgIpc) is 2.53. The van der Waals surface area contributed by atoms with Gasteiger partial charge in [-0.05, 0) is 12.1 Å². The largest absolute Gasteiger partial charge is 0.351 e. The van der Waals surface area contributed by atoms with Crippen LogP contribution in [-0.2, 0) is 14.4 Å². The van der Waals surface area contributed by atoms with Crippen LogP contribution in [0.4, 0.5) is 0 Å². The van der Waals surface area contributed by atoms with Gasteiger partial charge in [0.2, 0.25) is 12.3 Å². The lowest BCUT2D eigenvalue weighted by molar-refractivity contribution is -0.127. The smallest absolute Gasteiger partial charge is 0.257 e. The zero-order valence-electron chi connectivity index (χ0n) is 13.1. The Morgan fingerprint density at radius 1 is 1.33 bits per heavy atom. The number of hydrogen-bond donors (Lipinski definition) is 1. The predicted molar refractivity (Wildman–Crippen MR) is 95.9 cm³/mol. The molecular formula is C15H16BrN3O4S. The minimum absolute atomic E-state index is 0.0903. The summed E-state index contributed by atoms with van der Waals surface area (Å²) in [5.74, 6) is -0.845. The molecule has 0 aromatic heterocycles. The lowest BCUT2D eigenvalue weighted by Gasteiger charge is -2.11. The number of carbonyl (C=O) groups excluding carboxylic acids is 4. The lowest BCUT2D eigenvalue weighted by Crippen LogP contribution is -2.35. The molecule has 128 valence electrons. The molecule has 0 atom stereocenters. The molecule has 1 aliphatic rings. The summed E-state index contributed by atoms with van der Waals surface area (Å²) in [5, 5.41) is 2.64. The molecule has 1 aromatic carbocycles. The second-order valence-corrected chi connectivity index (χ2v) is 6.70. The molecule has 1 aromatic rings. The zero-order valence-corrected chi connectivity index (χ0v) is 15.5. The monoisotopic (exact) mass is 413 g/mol. The van der Waals surface area contributed by atoms with Crippen molar-refractivity contribution in [3.63, 3.8) is 0 Å². The number of thioether (sulfide) groups is 1. The van der Waals surface area contributed by atoms with E-state index >= 15 is 0 Å². The molecule has 0 bridgehead atoms. The Labute approximate surface area is 152 Å². The highest BCUT2D eigenvalue weighted by atomic mass is 79.9. The Kier molecular flexibility index (Phi) is 8.34. The van der Waals surface area contributed by atoms with Crippen molar-refractivity contribution in [1.29, 1.82) is 0 Å². The number of nitrogens with zero attached hydrogens (tertiary/aromatic N) is 2. The normalized spacial score (nSPS) is 13.2. The molecule has 2 rings (SSSR count). The first kappa shape index (κ1) is 20.0. The highest BCUT2D eigenvalue weighted by Crippen LogP contribution is 2.14. The molecule has 1 heterocycles. The highest BCUT2D eigenvalue weighted by Gasteiger charge is 2.19. The molecule has 7 nitrogen and oxygen atoms in total. The zero-order chi connectivity index (χ0) is 18.1. The average molecular weight is 414 g/mol. The van der Waals surface area contributed by atoms with E-state index in [1.165, 1.54) is 4.90 Å². The van der Waals surface area contributed by atoms with Gasteiger partial charge in [-0.3, -0.25) is 19.2 Å². The van der Waals surface area contributed by atoms with Gasteiger partial charge < -0.3 is 10.2 Å². The van der Waals surface area contributed by atoms with Gasteiger partial charge in [-0.1, -0.05) is 39.8 Å². The van der Waals surface area contributed by atoms with E-state index in [4.69, 9.17) is 0 Å². The molecule has 0 fully saturated rings. The minimum Gasteiger partial charge on any atom is -0.351 e. The van der Waals surface area contributed by atoms with Crippen molar-refractivity contribution in [2.45, 2.75) is 6.42 Å². The summed E-state index contributed by atoms with van der Waals surface area (Å²) in [7, 11) is 3.38. The van der Waals surface area contributed by atoms with Gasteiger partial charge in [-0.15, -0.1) is 0 Å². The van der Waals surface area contributed by atoms with Crippen molar-refractivity contribution in [2.75, 3.05) is 19.8 Å². The van der Waals surface area contributed by atoms with Gasteiger partial charge in [0.25, 0.3) is 5.91 Å². The summed E-state index contributed by atoms with van der Waals surface area (Å²) in [5.41, 5.74) is 0.574. The molecule has 0 spiro atoms. The Hall–Kier alpha value is -2.00. The third-order valence-electron chi connectivity index (χ3n) is 2.50. The summed E-state index contributed by atoms with van der Waals surface area (Å²) in [4.78, 5) is 48.6. The summed E-state index contributed by atoms with van der Waals surface area (Å²) in [6.45, 7) is 0. The lowest BCUT2D eigenvalue weighted by atomic mass is 10.2. The number of nitrogens with one attached hydrogen (secondary N) is 1. The molecule has 0 saturated heterocycles.